The standard InChI is InChI=1S/C11H9BrN2O2/c12-10-4-3-9(16-10)11(15)7-2-1-6(13)5-8(7)14/h1-5H,13-14H2. The third kappa shape index (κ3) is 1.94. The molecule has 82 valence electrons. The summed E-state index contributed by atoms with van der Waals surface area (Å²) in [7, 11) is 0. The average molecular weight is 281 g/mol. The molecule has 2 aromatic rings. The summed E-state index contributed by atoms with van der Waals surface area (Å²) in [4.78, 5) is 12.0. The monoisotopic (exact) mass is 280 g/mol. The molecule has 0 aliphatic carbocycles. The van der Waals surface area contributed by atoms with Crippen molar-refractivity contribution in [2.24, 2.45) is 0 Å². The fourth-order valence-corrected chi connectivity index (χ4v) is 1.66. The summed E-state index contributed by atoms with van der Waals surface area (Å²) in [6.07, 6.45) is 0. The van der Waals surface area contributed by atoms with Crippen molar-refractivity contribution < 1.29 is 9.21 Å². The Bertz CT molecular complexity index is 549. The Morgan fingerprint density at radius 3 is 2.50 bits per heavy atom. The first-order valence-corrected chi connectivity index (χ1v) is 5.32. The maximum Gasteiger partial charge on any atom is 0.230 e. The largest absolute Gasteiger partial charge is 0.446 e. The van der Waals surface area contributed by atoms with Crippen LogP contribution in [0.1, 0.15) is 16.1 Å². The Morgan fingerprint density at radius 1 is 1.19 bits per heavy atom. The number of nitrogen functional groups attached to an aromatic ring is 2. The maximum absolute atomic E-state index is 12.0. The van der Waals surface area contributed by atoms with Gasteiger partial charge in [0.1, 0.15) is 0 Å². The van der Waals surface area contributed by atoms with E-state index in [2.05, 4.69) is 15.9 Å². The highest BCUT2D eigenvalue weighted by atomic mass is 79.9. The van der Waals surface area contributed by atoms with E-state index in [4.69, 9.17) is 15.9 Å². The van der Waals surface area contributed by atoms with Gasteiger partial charge in [0.2, 0.25) is 5.78 Å². The van der Waals surface area contributed by atoms with Crippen molar-refractivity contribution in [1.82, 2.24) is 0 Å². The van der Waals surface area contributed by atoms with E-state index in [1.807, 2.05) is 0 Å². The van der Waals surface area contributed by atoms with Gasteiger partial charge < -0.3 is 15.9 Å². The molecule has 0 bridgehead atoms. The molecule has 0 saturated heterocycles. The summed E-state index contributed by atoms with van der Waals surface area (Å²) < 4.78 is 5.67. The van der Waals surface area contributed by atoms with Crippen LogP contribution in [0.2, 0.25) is 0 Å². The quantitative estimate of drug-likeness (QED) is 0.654. The molecule has 2 rings (SSSR count). The van der Waals surface area contributed by atoms with Gasteiger partial charge in [0.05, 0.1) is 0 Å². The Labute approximate surface area is 100 Å². The summed E-state index contributed by atoms with van der Waals surface area (Å²) >= 11 is 3.13. The van der Waals surface area contributed by atoms with Crippen molar-refractivity contribution in [2.75, 3.05) is 11.5 Å². The van der Waals surface area contributed by atoms with Crippen LogP contribution < -0.4 is 11.5 Å². The van der Waals surface area contributed by atoms with Crippen molar-refractivity contribution >= 4 is 33.1 Å². The molecule has 1 heterocycles. The summed E-state index contributed by atoms with van der Waals surface area (Å²) in [5.74, 6) is -0.0217. The average Bonchev–Trinajstić information content (AvgIpc) is 2.64. The lowest BCUT2D eigenvalue weighted by molar-refractivity contribution is 0.101. The summed E-state index contributed by atoms with van der Waals surface area (Å²) in [6, 6.07) is 8.00. The third-order valence-electron chi connectivity index (χ3n) is 2.12. The van der Waals surface area contributed by atoms with Gasteiger partial charge in [0.15, 0.2) is 10.4 Å². The van der Waals surface area contributed by atoms with Crippen molar-refractivity contribution in [3.63, 3.8) is 0 Å². The number of hydrogen-bond donors (Lipinski definition) is 2. The molecule has 4 nitrogen and oxygen atoms in total. The first-order valence-electron chi connectivity index (χ1n) is 4.53. The fourth-order valence-electron chi connectivity index (χ4n) is 1.36. The van der Waals surface area contributed by atoms with Crippen LogP contribution in [0.3, 0.4) is 0 Å². The van der Waals surface area contributed by atoms with Gasteiger partial charge in [-0.25, -0.2) is 0 Å². The van der Waals surface area contributed by atoms with Crippen LogP contribution in [0.25, 0.3) is 0 Å². The van der Waals surface area contributed by atoms with E-state index in [9.17, 15) is 4.79 Å². The number of furan rings is 1. The van der Waals surface area contributed by atoms with E-state index < -0.39 is 0 Å². The number of ketones is 1. The van der Waals surface area contributed by atoms with Crippen molar-refractivity contribution in [3.8, 4) is 0 Å². The Hall–Kier alpha value is -1.75. The first kappa shape index (κ1) is 10.8. The highest BCUT2D eigenvalue weighted by Gasteiger charge is 2.15. The molecule has 0 aliphatic rings. The normalized spacial score (nSPS) is 10.3. The second kappa shape index (κ2) is 4.02. The Balaban J connectivity index is 2.41. The zero-order valence-electron chi connectivity index (χ0n) is 8.24. The first-order chi connectivity index (χ1) is 7.58. The minimum atomic E-state index is -0.261. The Kier molecular flexibility index (Phi) is 2.70. The maximum atomic E-state index is 12.0. The molecule has 0 aliphatic heterocycles. The highest BCUT2D eigenvalue weighted by molar-refractivity contribution is 9.10. The molecule has 16 heavy (non-hydrogen) atoms. The summed E-state index contributed by atoms with van der Waals surface area (Å²) in [5, 5.41) is 0. The number of benzene rings is 1. The summed E-state index contributed by atoms with van der Waals surface area (Å²) in [5.41, 5.74) is 12.5. The van der Waals surface area contributed by atoms with Crippen LogP contribution in [0.15, 0.2) is 39.4 Å². The van der Waals surface area contributed by atoms with Crippen molar-refractivity contribution in [3.05, 3.63) is 46.3 Å². The topological polar surface area (TPSA) is 82.2 Å². The molecule has 4 N–H and O–H groups in total. The van der Waals surface area contributed by atoms with Gasteiger partial charge in [-0.2, -0.15) is 0 Å². The number of carbonyl (C=O) groups excluding carboxylic acids is 1. The number of halogens is 1. The third-order valence-corrected chi connectivity index (χ3v) is 2.54. The molecule has 0 radical (unpaired) electrons. The molecule has 0 unspecified atom stereocenters. The van der Waals surface area contributed by atoms with Gasteiger partial charge in [-0.15, -0.1) is 0 Å². The lowest BCUT2D eigenvalue weighted by atomic mass is 10.1. The minimum absolute atomic E-state index is 0.239. The number of anilines is 2. The molecular formula is C11H9BrN2O2. The van der Waals surface area contributed by atoms with Crippen LogP contribution in [0.4, 0.5) is 11.4 Å². The smallest absolute Gasteiger partial charge is 0.230 e. The van der Waals surface area contributed by atoms with Gasteiger partial charge in [-0.05, 0) is 46.3 Å². The van der Waals surface area contributed by atoms with E-state index in [-0.39, 0.29) is 11.5 Å². The van der Waals surface area contributed by atoms with Gasteiger partial charge in [0, 0.05) is 16.9 Å². The lowest BCUT2D eigenvalue weighted by Crippen LogP contribution is -2.04. The van der Waals surface area contributed by atoms with E-state index in [1.54, 1.807) is 30.3 Å². The second-order valence-electron chi connectivity index (χ2n) is 3.28. The molecule has 0 amide bonds. The minimum Gasteiger partial charge on any atom is -0.446 e. The highest BCUT2D eigenvalue weighted by Crippen LogP contribution is 2.22. The van der Waals surface area contributed by atoms with Crippen molar-refractivity contribution in [2.45, 2.75) is 0 Å². The number of nitrogens with two attached hydrogens (primary N) is 2. The number of carbonyl (C=O) groups is 1. The molecular weight excluding hydrogens is 272 g/mol. The zero-order valence-corrected chi connectivity index (χ0v) is 9.82. The number of rotatable bonds is 2. The van der Waals surface area contributed by atoms with Crippen LogP contribution in [0.5, 0.6) is 0 Å². The van der Waals surface area contributed by atoms with E-state index in [0.717, 1.165) is 0 Å². The van der Waals surface area contributed by atoms with Gasteiger partial charge >= 0.3 is 0 Å². The van der Waals surface area contributed by atoms with Crippen LogP contribution in [-0.4, -0.2) is 5.78 Å². The molecule has 1 aromatic heterocycles. The second-order valence-corrected chi connectivity index (χ2v) is 4.06. The van der Waals surface area contributed by atoms with E-state index in [0.29, 0.717) is 21.6 Å². The molecule has 0 atom stereocenters. The van der Waals surface area contributed by atoms with Gasteiger partial charge in [-0.3, -0.25) is 4.79 Å². The van der Waals surface area contributed by atoms with Crippen LogP contribution in [-0.2, 0) is 0 Å². The molecule has 0 saturated carbocycles. The predicted octanol–water partition coefficient (Wildman–Crippen LogP) is 2.44. The van der Waals surface area contributed by atoms with Crippen LogP contribution >= 0.6 is 15.9 Å². The number of hydrogen-bond acceptors (Lipinski definition) is 4. The molecule has 0 fully saturated rings. The molecule has 5 heteroatoms. The summed E-state index contributed by atoms with van der Waals surface area (Å²) in [6.45, 7) is 0. The van der Waals surface area contributed by atoms with Gasteiger partial charge in [-0.1, -0.05) is 0 Å². The SMILES string of the molecule is Nc1ccc(C(=O)c2ccc(Br)o2)c(N)c1. The van der Waals surface area contributed by atoms with E-state index in [1.165, 1.54) is 0 Å². The van der Waals surface area contributed by atoms with Crippen LogP contribution in [0, 0.1) is 0 Å². The molecule has 1 aromatic carbocycles. The van der Waals surface area contributed by atoms with Gasteiger partial charge in [0.25, 0.3) is 0 Å². The van der Waals surface area contributed by atoms with Crippen molar-refractivity contribution in [1.29, 1.82) is 0 Å². The lowest BCUT2D eigenvalue weighted by Gasteiger charge is -2.03. The zero-order chi connectivity index (χ0) is 11.7. The van der Waals surface area contributed by atoms with E-state index >= 15 is 0 Å². The fraction of sp³-hybridized carbons (Fsp3) is 0. The predicted molar refractivity (Wildman–Crippen MR) is 65.1 cm³/mol. The Morgan fingerprint density at radius 2 is 1.94 bits per heavy atom. The molecule has 0 spiro atoms.